The monoisotopic (exact) mass is 378 g/mol. The third-order valence-electron chi connectivity index (χ3n) is 4.28. The highest BCUT2D eigenvalue weighted by Gasteiger charge is 2.12. The summed E-state index contributed by atoms with van der Waals surface area (Å²) in [5, 5.41) is 5.20. The van der Waals surface area contributed by atoms with Gasteiger partial charge in [-0.2, -0.15) is 5.10 Å². The first-order valence-electron chi connectivity index (χ1n) is 9.20. The Hall–Kier alpha value is -2.66. The van der Waals surface area contributed by atoms with Crippen LogP contribution in [0.25, 0.3) is 11.3 Å². The number of nitrogens with zero attached hydrogens (tertiary/aromatic N) is 3. The Morgan fingerprint density at radius 3 is 2.41 bits per heavy atom. The zero-order valence-electron chi connectivity index (χ0n) is 16.4. The van der Waals surface area contributed by atoms with Crippen molar-refractivity contribution >= 4 is 28.4 Å². The van der Waals surface area contributed by atoms with E-state index in [2.05, 4.69) is 77.8 Å². The maximum atomic E-state index is 4.78. The minimum Gasteiger partial charge on any atom is -0.378 e. The van der Waals surface area contributed by atoms with Crippen molar-refractivity contribution in [1.29, 1.82) is 0 Å². The van der Waals surface area contributed by atoms with Crippen LogP contribution in [0.2, 0.25) is 0 Å². The van der Waals surface area contributed by atoms with Gasteiger partial charge in [-0.25, -0.2) is 4.98 Å². The van der Waals surface area contributed by atoms with Gasteiger partial charge in [-0.05, 0) is 31.0 Å². The summed E-state index contributed by atoms with van der Waals surface area (Å²) in [4.78, 5) is 8.16. The van der Waals surface area contributed by atoms with Crippen LogP contribution in [0.4, 0.5) is 10.8 Å². The van der Waals surface area contributed by atoms with Crippen LogP contribution in [0, 0.1) is 6.92 Å². The van der Waals surface area contributed by atoms with Crippen LogP contribution in [0.1, 0.15) is 29.3 Å². The van der Waals surface area contributed by atoms with E-state index in [4.69, 9.17) is 4.98 Å². The molecule has 1 aromatic heterocycles. The van der Waals surface area contributed by atoms with Gasteiger partial charge in [0.1, 0.15) is 0 Å². The summed E-state index contributed by atoms with van der Waals surface area (Å²) in [5.41, 5.74) is 8.81. The molecule has 0 bridgehead atoms. The summed E-state index contributed by atoms with van der Waals surface area (Å²) in [6.45, 7) is 4.30. The van der Waals surface area contributed by atoms with Crippen LogP contribution in [-0.4, -0.2) is 25.3 Å². The quantitative estimate of drug-likeness (QED) is 0.431. The van der Waals surface area contributed by atoms with Gasteiger partial charge in [-0.1, -0.05) is 66.6 Å². The summed E-state index contributed by atoms with van der Waals surface area (Å²) < 4.78 is 0. The van der Waals surface area contributed by atoms with E-state index >= 15 is 0 Å². The number of aryl methyl sites for hydroxylation is 2. The Balaban J connectivity index is 1.74. The SMILES string of the molecule is CCCc1sc(N/N=C\c2ccc(N(C)C)cc2)nc1-c1ccc(C)cc1. The van der Waals surface area contributed by atoms with Crippen LogP contribution in [0.5, 0.6) is 0 Å². The Morgan fingerprint density at radius 1 is 1.07 bits per heavy atom. The third kappa shape index (κ3) is 4.95. The van der Waals surface area contributed by atoms with E-state index in [0.29, 0.717) is 0 Å². The lowest BCUT2D eigenvalue weighted by Gasteiger charge is -2.11. The fourth-order valence-corrected chi connectivity index (χ4v) is 3.79. The molecule has 2 aromatic carbocycles. The van der Waals surface area contributed by atoms with Crippen molar-refractivity contribution in [3.05, 3.63) is 64.5 Å². The lowest BCUT2D eigenvalue weighted by Crippen LogP contribution is -2.08. The largest absolute Gasteiger partial charge is 0.378 e. The summed E-state index contributed by atoms with van der Waals surface area (Å²) in [6.07, 6.45) is 3.95. The van der Waals surface area contributed by atoms with Crippen molar-refractivity contribution in [3.8, 4) is 11.3 Å². The smallest absolute Gasteiger partial charge is 0.204 e. The number of hydrazone groups is 1. The van der Waals surface area contributed by atoms with Crippen molar-refractivity contribution in [2.45, 2.75) is 26.7 Å². The molecule has 0 radical (unpaired) electrons. The lowest BCUT2D eigenvalue weighted by molar-refractivity contribution is 0.938. The molecule has 140 valence electrons. The number of benzene rings is 2. The Morgan fingerprint density at radius 2 is 1.78 bits per heavy atom. The molecule has 0 aliphatic rings. The van der Waals surface area contributed by atoms with Gasteiger partial charge < -0.3 is 4.90 Å². The molecule has 0 saturated heterocycles. The van der Waals surface area contributed by atoms with Gasteiger partial charge in [0.05, 0.1) is 11.9 Å². The molecule has 0 fully saturated rings. The van der Waals surface area contributed by atoms with Gasteiger partial charge in [0.15, 0.2) is 0 Å². The molecule has 3 rings (SSSR count). The van der Waals surface area contributed by atoms with Crippen LogP contribution in [0.15, 0.2) is 53.6 Å². The van der Waals surface area contributed by atoms with Crippen LogP contribution in [0.3, 0.4) is 0 Å². The number of rotatable bonds is 7. The average molecular weight is 379 g/mol. The molecule has 0 atom stereocenters. The van der Waals surface area contributed by atoms with Crippen molar-refractivity contribution in [2.24, 2.45) is 5.10 Å². The molecular formula is C22H26N4S. The highest BCUT2D eigenvalue weighted by molar-refractivity contribution is 7.16. The molecule has 3 aromatic rings. The van der Waals surface area contributed by atoms with Crippen LogP contribution in [-0.2, 0) is 6.42 Å². The van der Waals surface area contributed by atoms with Gasteiger partial charge in [-0.3, -0.25) is 5.43 Å². The highest BCUT2D eigenvalue weighted by atomic mass is 32.1. The molecule has 5 heteroatoms. The van der Waals surface area contributed by atoms with Gasteiger partial charge in [0, 0.05) is 30.2 Å². The molecule has 27 heavy (non-hydrogen) atoms. The minimum absolute atomic E-state index is 0.829. The minimum atomic E-state index is 0.829. The van der Waals surface area contributed by atoms with Crippen LogP contribution >= 0.6 is 11.3 Å². The standard InChI is InChI=1S/C22H26N4S/c1-5-6-20-21(18-11-7-16(2)8-12-18)24-22(27-20)25-23-15-17-9-13-19(14-10-17)26(3)4/h7-15H,5-6H2,1-4H3,(H,24,25)/b23-15-. The molecule has 0 saturated carbocycles. The first-order valence-corrected chi connectivity index (χ1v) is 10.0. The van der Waals surface area contributed by atoms with Crippen molar-refractivity contribution in [3.63, 3.8) is 0 Å². The molecule has 0 spiro atoms. The summed E-state index contributed by atoms with van der Waals surface area (Å²) in [7, 11) is 4.07. The Bertz CT molecular complexity index is 893. The highest BCUT2D eigenvalue weighted by Crippen LogP contribution is 2.32. The Labute approximate surface area is 165 Å². The van der Waals surface area contributed by atoms with E-state index in [9.17, 15) is 0 Å². The predicted octanol–water partition coefficient (Wildman–Crippen LogP) is 5.58. The fourth-order valence-electron chi connectivity index (χ4n) is 2.75. The number of aromatic nitrogens is 1. The van der Waals surface area contributed by atoms with E-state index in [-0.39, 0.29) is 0 Å². The zero-order valence-corrected chi connectivity index (χ0v) is 17.2. The van der Waals surface area contributed by atoms with E-state index in [1.165, 1.54) is 16.1 Å². The number of nitrogens with one attached hydrogen (secondary N) is 1. The number of anilines is 2. The average Bonchev–Trinajstić information content (AvgIpc) is 3.06. The number of thiazole rings is 1. The zero-order chi connectivity index (χ0) is 19.2. The van der Waals surface area contributed by atoms with Crippen LogP contribution < -0.4 is 10.3 Å². The number of hydrogen-bond donors (Lipinski definition) is 1. The van der Waals surface area contributed by atoms with Gasteiger partial charge >= 0.3 is 0 Å². The number of hydrogen-bond acceptors (Lipinski definition) is 5. The topological polar surface area (TPSA) is 40.5 Å². The summed E-state index contributed by atoms with van der Waals surface area (Å²) >= 11 is 1.68. The predicted molar refractivity (Wildman–Crippen MR) is 118 cm³/mol. The maximum Gasteiger partial charge on any atom is 0.204 e. The molecule has 0 aliphatic heterocycles. The van der Waals surface area contributed by atoms with Gasteiger partial charge in [0.2, 0.25) is 5.13 Å². The second-order valence-electron chi connectivity index (χ2n) is 6.76. The van der Waals surface area contributed by atoms with E-state index in [1.807, 2.05) is 20.3 Å². The molecular weight excluding hydrogens is 352 g/mol. The van der Waals surface area contributed by atoms with Crippen molar-refractivity contribution < 1.29 is 0 Å². The molecule has 1 N–H and O–H groups in total. The molecule has 0 amide bonds. The molecule has 4 nitrogen and oxygen atoms in total. The Kier molecular flexibility index (Phi) is 6.24. The fraction of sp³-hybridized carbons (Fsp3) is 0.273. The molecule has 0 aliphatic carbocycles. The summed E-state index contributed by atoms with van der Waals surface area (Å²) in [6, 6.07) is 16.8. The van der Waals surface area contributed by atoms with E-state index in [0.717, 1.165) is 34.8 Å². The lowest BCUT2D eigenvalue weighted by atomic mass is 10.1. The first kappa shape index (κ1) is 19.1. The maximum absolute atomic E-state index is 4.78. The first-order chi connectivity index (χ1) is 13.1. The second kappa shape index (κ2) is 8.82. The summed E-state index contributed by atoms with van der Waals surface area (Å²) in [5.74, 6) is 0. The van der Waals surface area contributed by atoms with Gasteiger partial charge in [0.25, 0.3) is 0 Å². The van der Waals surface area contributed by atoms with E-state index < -0.39 is 0 Å². The molecule has 1 heterocycles. The molecule has 0 unspecified atom stereocenters. The van der Waals surface area contributed by atoms with Crippen molar-refractivity contribution in [1.82, 2.24) is 4.98 Å². The van der Waals surface area contributed by atoms with Gasteiger partial charge in [-0.15, -0.1) is 0 Å². The van der Waals surface area contributed by atoms with E-state index in [1.54, 1.807) is 11.3 Å². The third-order valence-corrected chi connectivity index (χ3v) is 5.30. The normalized spacial score (nSPS) is 11.1. The van der Waals surface area contributed by atoms with Crippen molar-refractivity contribution in [2.75, 3.05) is 24.4 Å². The second-order valence-corrected chi connectivity index (χ2v) is 7.85.